The van der Waals surface area contributed by atoms with Gasteiger partial charge in [-0.25, -0.2) is 0 Å². The van der Waals surface area contributed by atoms with Crippen LogP contribution >= 0.6 is 0 Å². The van der Waals surface area contributed by atoms with Crippen LogP contribution in [0.5, 0.6) is 5.75 Å². The number of benzene rings is 1. The van der Waals surface area contributed by atoms with Gasteiger partial charge in [0.05, 0.1) is 24.5 Å². The number of nitrogen functional groups attached to an aromatic ring is 1. The number of hydrogen-bond donors (Lipinski definition) is 2. The number of aliphatic hydroxyl groups is 1. The minimum atomic E-state index is -0.112. The summed E-state index contributed by atoms with van der Waals surface area (Å²) in [7, 11) is 0. The van der Waals surface area contributed by atoms with Crippen molar-refractivity contribution in [2.75, 3.05) is 25.5 Å². The Morgan fingerprint density at radius 2 is 2.25 bits per heavy atom. The van der Waals surface area contributed by atoms with Gasteiger partial charge in [0.2, 0.25) is 0 Å². The summed E-state index contributed by atoms with van der Waals surface area (Å²) in [4.78, 5) is 14.4. The second-order valence-corrected chi connectivity index (χ2v) is 4.96. The number of amides is 1. The highest BCUT2D eigenvalue weighted by atomic mass is 16.5. The molecule has 1 aromatic rings. The van der Waals surface area contributed by atoms with Crippen molar-refractivity contribution in [1.29, 1.82) is 0 Å². The third-order valence-corrected chi connectivity index (χ3v) is 3.68. The molecule has 1 aliphatic rings. The molecule has 0 atom stereocenters. The molecule has 0 spiro atoms. The van der Waals surface area contributed by atoms with Crippen molar-refractivity contribution in [3.63, 3.8) is 0 Å². The average Bonchev–Trinajstić information content (AvgIpc) is 2.38. The number of nitrogens with two attached hydrogens (primary N) is 1. The lowest BCUT2D eigenvalue weighted by atomic mass is 9.91. The van der Waals surface area contributed by atoms with Crippen LogP contribution in [0.4, 0.5) is 5.69 Å². The van der Waals surface area contributed by atoms with E-state index in [1.807, 2.05) is 6.92 Å². The van der Waals surface area contributed by atoms with Crippen LogP contribution in [0.3, 0.4) is 0 Å². The van der Waals surface area contributed by atoms with E-state index in [1.165, 1.54) is 0 Å². The van der Waals surface area contributed by atoms with Gasteiger partial charge in [-0.3, -0.25) is 4.79 Å². The van der Waals surface area contributed by atoms with Gasteiger partial charge in [0.15, 0.2) is 5.75 Å². The second-order valence-electron chi connectivity index (χ2n) is 4.96. The maximum absolute atomic E-state index is 12.7. The second kappa shape index (κ2) is 6.61. The molecule has 2 rings (SSSR count). The number of hydrogen-bond acceptors (Lipinski definition) is 4. The zero-order valence-corrected chi connectivity index (χ0v) is 11.8. The number of para-hydroxylation sites is 1. The molecule has 1 saturated carbocycles. The molecule has 3 N–H and O–H groups in total. The molecule has 0 saturated heterocycles. The Morgan fingerprint density at radius 3 is 2.80 bits per heavy atom. The predicted molar refractivity (Wildman–Crippen MR) is 77.8 cm³/mol. The summed E-state index contributed by atoms with van der Waals surface area (Å²) >= 11 is 0. The van der Waals surface area contributed by atoms with Crippen molar-refractivity contribution in [2.45, 2.75) is 32.2 Å². The highest BCUT2D eigenvalue weighted by Crippen LogP contribution is 2.31. The van der Waals surface area contributed by atoms with Gasteiger partial charge in [-0.2, -0.15) is 0 Å². The lowest BCUT2D eigenvalue weighted by Gasteiger charge is -2.37. The predicted octanol–water partition coefficient (Wildman–Crippen LogP) is 1.65. The summed E-state index contributed by atoms with van der Waals surface area (Å²) in [5.74, 6) is 0.335. The first kappa shape index (κ1) is 14.7. The van der Waals surface area contributed by atoms with Crippen LogP contribution in [0.15, 0.2) is 18.2 Å². The van der Waals surface area contributed by atoms with Crippen molar-refractivity contribution in [1.82, 2.24) is 4.90 Å². The van der Waals surface area contributed by atoms with E-state index in [0.29, 0.717) is 30.2 Å². The average molecular weight is 278 g/mol. The number of rotatable bonds is 6. The Morgan fingerprint density at radius 1 is 1.50 bits per heavy atom. The maximum atomic E-state index is 12.7. The fourth-order valence-corrected chi connectivity index (χ4v) is 2.44. The van der Waals surface area contributed by atoms with Gasteiger partial charge < -0.3 is 20.5 Å². The van der Waals surface area contributed by atoms with E-state index in [-0.39, 0.29) is 18.6 Å². The molecule has 1 fully saturated rings. The fourth-order valence-electron chi connectivity index (χ4n) is 2.44. The summed E-state index contributed by atoms with van der Waals surface area (Å²) < 4.78 is 5.51. The number of carbonyl (C=O) groups excluding carboxylic acids is 1. The van der Waals surface area contributed by atoms with E-state index in [2.05, 4.69) is 0 Å². The zero-order chi connectivity index (χ0) is 14.5. The van der Waals surface area contributed by atoms with E-state index in [0.717, 1.165) is 19.3 Å². The number of carbonyl (C=O) groups is 1. The van der Waals surface area contributed by atoms with E-state index in [1.54, 1.807) is 23.1 Å². The summed E-state index contributed by atoms with van der Waals surface area (Å²) in [5, 5.41) is 9.18. The number of aliphatic hydroxyl groups excluding tert-OH is 1. The van der Waals surface area contributed by atoms with Crippen LogP contribution in [-0.4, -0.2) is 41.7 Å². The van der Waals surface area contributed by atoms with Crippen molar-refractivity contribution in [3.05, 3.63) is 23.8 Å². The lowest BCUT2D eigenvalue weighted by molar-refractivity contribution is 0.0522. The van der Waals surface area contributed by atoms with E-state index in [4.69, 9.17) is 10.5 Å². The Labute approximate surface area is 119 Å². The molecule has 0 radical (unpaired) electrons. The van der Waals surface area contributed by atoms with E-state index in [9.17, 15) is 9.90 Å². The summed E-state index contributed by atoms with van der Waals surface area (Å²) in [6.07, 6.45) is 3.13. The van der Waals surface area contributed by atoms with Gasteiger partial charge in [0.25, 0.3) is 5.91 Å². The van der Waals surface area contributed by atoms with Crippen molar-refractivity contribution in [2.24, 2.45) is 0 Å². The largest absolute Gasteiger partial charge is 0.491 e. The molecule has 0 bridgehead atoms. The zero-order valence-electron chi connectivity index (χ0n) is 11.8. The van der Waals surface area contributed by atoms with Crippen LogP contribution in [-0.2, 0) is 0 Å². The SMILES string of the molecule is CCOc1c(N)cccc1C(=O)N(CCO)C1CCC1. The molecule has 20 heavy (non-hydrogen) atoms. The van der Waals surface area contributed by atoms with Crippen LogP contribution in [0.2, 0.25) is 0 Å². The highest BCUT2D eigenvalue weighted by Gasteiger charge is 2.30. The number of anilines is 1. The van der Waals surface area contributed by atoms with Gasteiger partial charge in [-0.15, -0.1) is 0 Å². The molecule has 0 aliphatic heterocycles. The van der Waals surface area contributed by atoms with Crippen molar-refractivity contribution in [3.8, 4) is 5.75 Å². The van der Waals surface area contributed by atoms with Crippen LogP contribution in [0, 0.1) is 0 Å². The van der Waals surface area contributed by atoms with E-state index < -0.39 is 0 Å². The molecule has 0 heterocycles. The number of nitrogens with zero attached hydrogens (tertiary/aromatic N) is 1. The molecular formula is C15H22N2O3. The summed E-state index contributed by atoms with van der Waals surface area (Å²) in [6.45, 7) is 2.63. The normalized spacial score (nSPS) is 14.7. The van der Waals surface area contributed by atoms with Crippen molar-refractivity contribution >= 4 is 11.6 Å². The Bertz CT molecular complexity index is 472. The molecule has 1 amide bonds. The maximum Gasteiger partial charge on any atom is 0.258 e. The highest BCUT2D eigenvalue weighted by molar-refractivity contribution is 5.98. The Kier molecular flexibility index (Phi) is 4.84. The minimum Gasteiger partial charge on any atom is -0.491 e. The van der Waals surface area contributed by atoms with E-state index >= 15 is 0 Å². The Balaban J connectivity index is 2.28. The first-order valence-electron chi connectivity index (χ1n) is 7.12. The van der Waals surface area contributed by atoms with Crippen molar-refractivity contribution < 1.29 is 14.6 Å². The summed E-state index contributed by atoms with van der Waals surface area (Å²) in [5.41, 5.74) is 6.84. The van der Waals surface area contributed by atoms with Gasteiger partial charge in [-0.05, 0) is 38.3 Å². The summed E-state index contributed by atoms with van der Waals surface area (Å²) in [6, 6.07) is 5.43. The van der Waals surface area contributed by atoms with Crippen LogP contribution in [0.25, 0.3) is 0 Å². The lowest BCUT2D eigenvalue weighted by Crippen LogP contribution is -2.45. The molecule has 5 heteroatoms. The first-order valence-corrected chi connectivity index (χ1v) is 7.12. The number of ether oxygens (including phenoxy) is 1. The molecule has 5 nitrogen and oxygen atoms in total. The molecule has 0 aromatic heterocycles. The van der Waals surface area contributed by atoms with Gasteiger partial charge in [-0.1, -0.05) is 6.07 Å². The van der Waals surface area contributed by atoms with Gasteiger partial charge in [0.1, 0.15) is 0 Å². The first-order chi connectivity index (χ1) is 9.69. The third-order valence-electron chi connectivity index (χ3n) is 3.68. The Hall–Kier alpha value is -1.75. The monoisotopic (exact) mass is 278 g/mol. The quantitative estimate of drug-likeness (QED) is 0.776. The molecule has 110 valence electrons. The topological polar surface area (TPSA) is 75.8 Å². The standard InChI is InChI=1S/C15H22N2O3/c1-2-20-14-12(7-4-8-13(14)16)15(19)17(9-10-18)11-5-3-6-11/h4,7-8,11,18H,2-3,5-6,9-10,16H2,1H3. The molecule has 1 aliphatic carbocycles. The fraction of sp³-hybridized carbons (Fsp3) is 0.533. The molecule has 1 aromatic carbocycles. The minimum absolute atomic E-state index is 0.0332. The van der Waals surface area contributed by atoms with Gasteiger partial charge in [0, 0.05) is 12.6 Å². The van der Waals surface area contributed by atoms with Crippen LogP contribution < -0.4 is 10.5 Å². The molecular weight excluding hydrogens is 256 g/mol. The molecule has 0 unspecified atom stereocenters. The third kappa shape index (κ3) is 2.88. The smallest absolute Gasteiger partial charge is 0.258 e. The van der Waals surface area contributed by atoms with Crippen LogP contribution in [0.1, 0.15) is 36.5 Å². The van der Waals surface area contributed by atoms with Gasteiger partial charge >= 0.3 is 0 Å².